The molecule has 0 aliphatic heterocycles. The first-order valence-electron chi connectivity index (χ1n) is 53.1. The number of unbranched alkanes of at least 4 members (excludes halogenated alkanes) is 80. The minimum absolute atomic E-state index is 0. The first-order chi connectivity index (χ1) is 55.0. The Morgan fingerprint density at radius 3 is 0.372 bits per heavy atom. The van der Waals surface area contributed by atoms with Gasteiger partial charge in [0.05, 0.1) is 48.4 Å². The van der Waals surface area contributed by atoms with Gasteiger partial charge in [0.15, 0.2) is 0 Å². The van der Waals surface area contributed by atoms with E-state index in [4.69, 9.17) is 0 Å². The highest BCUT2D eigenvalue weighted by molar-refractivity contribution is 7.80. The van der Waals surface area contributed by atoms with Crippen molar-refractivity contribution >= 4 is 10.4 Å². The SMILES string of the molecule is CCCCCCCCCCCCCCCCC(CCCCCCCCCCCCCCCC)CCCCCCCCCCCCCCCCC[NH+](C)C.CCCCCCCCCCCCCCCCC(CCCCCCCCCCCCCCCC)CCCCCCCCCCCCCCCCC[NH+](C)C.COS(=O)(=O)[O-].[Cl-]. The maximum atomic E-state index is 9.22. The van der Waals surface area contributed by atoms with Crippen molar-refractivity contribution < 1.29 is 39.4 Å². The summed E-state index contributed by atoms with van der Waals surface area (Å²) < 4.78 is 31.0. The average Bonchev–Trinajstić information content (AvgIpc) is 1.01. The zero-order chi connectivity index (χ0) is 82.0. The van der Waals surface area contributed by atoms with Gasteiger partial charge < -0.3 is 26.8 Å². The fraction of sp³-hybridized carbons (Fsp3) is 1.00. The van der Waals surface area contributed by atoms with Gasteiger partial charge in [0.2, 0.25) is 10.4 Å². The highest BCUT2D eigenvalue weighted by atomic mass is 35.5. The fourth-order valence-corrected chi connectivity index (χ4v) is 17.8. The second-order valence-corrected chi connectivity index (χ2v) is 39.1. The normalized spacial score (nSPS) is 11.8. The number of nitrogens with one attached hydrogen (secondary N) is 2. The van der Waals surface area contributed by atoms with E-state index in [0.717, 1.165) is 18.9 Å². The lowest BCUT2D eigenvalue weighted by atomic mass is 9.89. The van der Waals surface area contributed by atoms with Gasteiger partial charge in [0, 0.05) is 0 Å². The molecule has 8 heteroatoms. The zero-order valence-electron chi connectivity index (χ0n) is 80.0. The Balaban J connectivity index is -0.000000970. The number of hydrogen-bond acceptors (Lipinski definition) is 4. The molecular weight excluding hydrogens is 1420 g/mol. The molecule has 0 fully saturated rings. The van der Waals surface area contributed by atoms with E-state index in [9.17, 15) is 13.0 Å². The van der Waals surface area contributed by atoms with Crippen LogP contribution in [0.3, 0.4) is 0 Å². The predicted molar refractivity (Wildman–Crippen MR) is 507 cm³/mol. The summed E-state index contributed by atoms with van der Waals surface area (Å²) in [6.45, 7) is 12.0. The van der Waals surface area contributed by atoms with Crippen LogP contribution in [0.15, 0.2) is 0 Å². The van der Waals surface area contributed by atoms with E-state index in [0.29, 0.717) is 0 Å². The molecule has 0 bridgehead atoms. The highest BCUT2D eigenvalue weighted by Crippen LogP contribution is 2.29. The van der Waals surface area contributed by atoms with Crippen LogP contribution in [-0.4, -0.2) is 61.4 Å². The average molecular weight is 1640 g/mol. The highest BCUT2D eigenvalue weighted by Gasteiger charge is 2.12. The summed E-state index contributed by atoms with van der Waals surface area (Å²) in [5.74, 6) is 2.06. The van der Waals surface area contributed by atoms with Crippen molar-refractivity contribution in [1.82, 2.24) is 0 Å². The van der Waals surface area contributed by atoms with Crippen LogP contribution < -0.4 is 22.2 Å². The van der Waals surface area contributed by atoms with E-state index < -0.39 is 10.4 Å². The summed E-state index contributed by atoms with van der Waals surface area (Å²) >= 11 is 0. The molecule has 0 aliphatic rings. The van der Waals surface area contributed by atoms with Gasteiger partial charge in [0.1, 0.15) is 0 Å². The van der Waals surface area contributed by atoms with Crippen molar-refractivity contribution in [2.45, 2.75) is 618 Å². The quantitative estimate of drug-likeness (QED) is 0.0361. The van der Waals surface area contributed by atoms with Crippen molar-refractivity contribution in [2.24, 2.45) is 11.8 Å². The predicted octanol–water partition coefficient (Wildman–Crippen LogP) is 31.6. The summed E-state index contributed by atoms with van der Waals surface area (Å²) in [5, 5.41) is 0. The van der Waals surface area contributed by atoms with E-state index in [1.807, 2.05) is 0 Å². The van der Waals surface area contributed by atoms with E-state index in [2.05, 4.69) is 60.1 Å². The zero-order valence-corrected chi connectivity index (χ0v) is 81.6. The molecule has 0 aliphatic carbocycles. The topological polar surface area (TPSA) is 75.3 Å². The minimum Gasteiger partial charge on any atom is -1.00 e. The number of rotatable bonds is 97. The van der Waals surface area contributed by atoms with Crippen LogP contribution in [0.1, 0.15) is 618 Å². The Morgan fingerprint density at radius 2 is 0.283 bits per heavy atom. The summed E-state index contributed by atoms with van der Waals surface area (Å²) in [5.41, 5.74) is 0. The molecule has 2 N–H and O–H groups in total. The molecule has 0 atom stereocenters. The molecule has 0 amide bonds. The maximum absolute atomic E-state index is 9.22. The lowest BCUT2D eigenvalue weighted by Gasteiger charge is -2.17. The van der Waals surface area contributed by atoms with Crippen LogP contribution in [-0.2, 0) is 14.6 Å². The van der Waals surface area contributed by atoms with Crippen molar-refractivity contribution in [1.29, 1.82) is 0 Å². The molecular formula is C105H219ClN2O4S. The van der Waals surface area contributed by atoms with Gasteiger partial charge in [-0.25, -0.2) is 8.42 Å². The Labute approximate surface area is 723 Å². The van der Waals surface area contributed by atoms with Crippen molar-refractivity contribution in [3.8, 4) is 0 Å². The second kappa shape index (κ2) is 108. The third-order valence-electron chi connectivity index (χ3n) is 25.6. The second-order valence-electron chi connectivity index (χ2n) is 37.9. The monoisotopic (exact) mass is 1640 g/mol. The number of hydrogen-bond donors (Lipinski definition) is 2. The molecule has 0 spiro atoms. The Kier molecular flexibility index (Phi) is 114. The van der Waals surface area contributed by atoms with Crippen LogP contribution in [0.5, 0.6) is 0 Å². The molecule has 0 unspecified atom stereocenters. The van der Waals surface area contributed by atoms with Crippen molar-refractivity contribution in [2.75, 3.05) is 48.4 Å². The molecule has 686 valence electrons. The first kappa shape index (κ1) is 119. The summed E-state index contributed by atoms with van der Waals surface area (Å²) in [6, 6.07) is 0. The van der Waals surface area contributed by atoms with Gasteiger partial charge in [-0.2, -0.15) is 0 Å². The van der Waals surface area contributed by atoms with Crippen molar-refractivity contribution in [3.05, 3.63) is 0 Å². The van der Waals surface area contributed by atoms with Gasteiger partial charge >= 0.3 is 0 Å². The Bertz CT molecular complexity index is 1550. The van der Waals surface area contributed by atoms with Crippen LogP contribution >= 0.6 is 0 Å². The van der Waals surface area contributed by atoms with Crippen LogP contribution in [0.25, 0.3) is 0 Å². The molecule has 113 heavy (non-hydrogen) atoms. The molecule has 6 nitrogen and oxygen atoms in total. The van der Waals surface area contributed by atoms with Gasteiger partial charge in [0.25, 0.3) is 0 Å². The molecule has 0 aromatic heterocycles. The lowest BCUT2D eigenvalue weighted by Crippen LogP contribution is -3.05. The molecule has 0 saturated carbocycles. The largest absolute Gasteiger partial charge is 1.00 e. The van der Waals surface area contributed by atoms with E-state index in [1.165, 1.54) is 604 Å². The van der Waals surface area contributed by atoms with Crippen LogP contribution in [0.4, 0.5) is 0 Å². The Morgan fingerprint density at radius 1 is 0.195 bits per heavy atom. The van der Waals surface area contributed by atoms with Crippen LogP contribution in [0, 0.1) is 11.8 Å². The minimum atomic E-state index is -4.41. The maximum Gasteiger partial charge on any atom is 0.217 e. The molecule has 0 saturated heterocycles. The molecule has 0 radical (unpaired) electrons. The summed E-state index contributed by atoms with van der Waals surface area (Å²) in [7, 11) is 5.51. The third kappa shape index (κ3) is 118. The van der Waals surface area contributed by atoms with E-state index >= 15 is 0 Å². The van der Waals surface area contributed by atoms with Gasteiger partial charge in [-0.3, -0.25) is 4.18 Å². The summed E-state index contributed by atoms with van der Waals surface area (Å²) in [6.07, 6.45) is 137. The van der Waals surface area contributed by atoms with Crippen LogP contribution in [0.2, 0.25) is 0 Å². The third-order valence-corrected chi connectivity index (χ3v) is 26.1. The van der Waals surface area contributed by atoms with Gasteiger partial charge in [-0.05, 0) is 37.5 Å². The van der Waals surface area contributed by atoms with E-state index in [-0.39, 0.29) is 12.4 Å². The van der Waals surface area contributed by atoms with Gasteiger partial charge in [-0.1, -0.05) is 593 Å². The van der Waals surface area contributed by atoms with Gasteiger partial charge in [-0.15, -0.1) is 0 Å². The lowest BCUT2D eigenvalue weighted by molar-refractivity contribution is -0.858. The molecule has 0 aromatic carbocycles. The first-order valence-corrected chi connectivity index (χ1v) is 54.4. The standard InChI is InChI=1S/2C52H107N.CH4O4S.ClH/c2*1-5-7-9-11-13-15-17-19-24-28-32-36-40-44-48-52(49-45-41-37-33-29-25-20-18-16-14-12-10-8-6-2)50-46-42-38-34-30-26-22-21-23-27-31-35-39-43-47-51-53(3)4;1-5-6(2,3)4;/h2*52H,5-51H2,1-4H3;1H3,(H,2,3,4);1H. The molecule has 0 rings (SSSR count). The fourth-order valence-electron chi connectivity index (χ4n) is 17.8. The molecule has 0 heterocycles. The number of quaternary nitrogens is 2. The molecule has 0 aromatic rings. The summed E-state index contributed by atoms with van der Waals surface area (Å²) in [4.78, 5) is 3.21. The Hall–Kier alpha value is 0.0800. The van der Waals surface area contributed by atoms with E-state index in [1.54, 1.807) is 9.80 Å². The van der Waals surface area contributed by atoms with Crippen molar-refractivity contribution in [3.63, 3.8) is 0 Å². The number of halogens is 1. The smallest absolute Gasteiger partial charge is 0.217 e.